The van der Waals surface area contributed by atoms with Crippen LogP contribution in [0.5, 0.6) is 0 Å². The molecule has 0 aliphatic heterocycles. The number of aromatic nitrogens is 1. The van der Waals surface area contributed by atoms with Gasteiger partial charge in [0.2, 0.25) is 0 Å². The second-order valence-corrected chi connectivity index (χ2v) is 6.03. The van der Waals surface area contributed by atoms with Crippen LogP contribution in [0.15, 0.2) is 6.20 Å². The normalized spacial score (nSPS) is 23.2. The molecule has 4 nitrogen and oxygen atoms in total. The fraction of sp³-hybridized carbons (Fsp3) is 0.538. The molecule has 0 radical (unpaired) electrons. The van der Waals surface area contributed by atoms with Gasteiger partial charge in [0, 0.05) is 6.20 Å². The topological polar surface area (TPSA) is 62.2 Å². The van der Waals surface area contributed by atoms with E-state index in [9.17, 15) is 9.90 Å². The molecular weight excluding hydrogens is 323 g/mol. The molecule has 1 aromatic heterocycles. The van der Waals surface area contributed by atoms with Crippen LogP contribution in [-0.4, -0.2) is 28.1 Å². The zero-order valence-corrected chi connectivity index (χ0v) is 13.0. The first-order chi connectivity index (χ1) is 9.50. The van der Waals surface area contributed by atoms with Gasteiger partial charge < -0.3 is 10.4 Å². The SMILES string of the molecule is O=C(NC1CCCCCC1O)c1ncc(Cl)c(Cl)c1Cl. The maximum Gasteiger partial charge on any atom is 0.271 e. The quantitative estimate of drug-likeness (QED) is 0.812. The van der Waals surface area contributed by atoms with Gasteiger partial charge in [-0.05, 0) is 12.8 Å². The Bertz CT molecular complexity index is 511. The van der Waals surface area contributed by atoms with E-state index in [4.69, 9.17) is 34.8 Å². The Hall–Kier alpha value is -0.550. The number of hydrogen-bond acceptors (Lipinski definition) is 3. The van der Waals surface area contributed by atoms with E-state index in [1.807, 2.05) is 0 Å². The molecule has 1 aliphatic carbocycles. The van der Waals surface area contributed by atoms with Crippen molar-refractivity contribution >= 4 is 40.7 Å². The van der Waals surface area contributed by atoms with E-state index in [0.29, 0.717) is 6.42 Å². The highest BCUT2D eigenvalue weighted by Crippen LogP contribution is 2.31. The van der Waals surface area contributed by atoms with E-state index in [0.717, 1.165) is 25.7 Å². The summed E-state index contributed by atoms with van der Waals surface area (Å²) in [6.45, 7) is 0. The van der Waals surface area contributed by atoms with Gasteiger partial charge in [-0.25, -0.2) is 4.98 Å². The van der Waals surface area contributed by atoms with E-state index in [1.54, 1.807) is 0 Å². The van der Waals surface area contributed by atoms with E-state index in [-0.39, 0.29) is 26.8 Å². The number of aliphatic hydroxyl groups excluding tert-OH is 1. The third-order valence-corrected chi connectivity index (χ3v) is 4.67. The number of pyridine rings is 1. The molecule has 1 heterocycles. The van der Waals surface area contributed by atoms with Crippen LogP contribution >= 0.6 is 34.8 Å². The zero-order chi connectivity index (χ0) is 14.7. The van der Waals surface area contributed by atoms with Gasteiger partial charge in [0.1, 0.15) is 5.69 Å². The maximum atomic E-state index is 12.2. The van der Waals surface area contributed by atoms with E-state index in [2.05, 4.69) is 10.3 Å². The van der Waals surface area contributed by atoms with Gasteiger partial charge in [-0.3, -0.25) is 4.79 Å². The standard InChI is InChI=1S/C13H15Cl3N2O2/c14-7-6-17-12(11(16)10(7)15)13(20)18-8-4-2-1-3-5-9(8)19/h6,8-9,19H,1-5H2,(H,18,20). The summed E-state index contributed by atoms with van der Waals surface area (Å²) in [5, 5.41) is 13.1. The lowest BCUT2D eigenvalue weighted by Crippen LogP contribution is -2.43. The number of nitrogens with zero attached hydrogens (tertiary/aromatic N) is 1. The van der Waals surface area contributed by atoms with E-state index < -0.39 is 12.0 Å². The molecule has 1 saturated carbocycles. The van der Waals surface area contributed by atoms with Crippen LogP contribution in [0.25, 0.3) is 0 Å². The summed E-state index contributed by atoms with van der Waals surface area (Å²) < 4.78 is 0. The summed E-state index contributed by atoms with van der Waals surface area (Å²) in [6.07, 6.45) is 5.19. The minimum atomic E-state index is -0.539. The average molecular weight is 338 g/mol. The Kier molecular flexibility index (Phi) is 5.49. The van der Waals surface area contributed by atoms with Crippen molar-refractivity contribution in [3.63, 3.8) is 0 Å². The number of carbonyl (C=O) groups is 1. The van der Waals surface area contributed by atoms with Gasteiger partial charge in [-0.2, -0.15) is 0 Å². The van der Waals surface area contributed by atoms with Crippen LogP contribution in [0.2, 0.25) is 15.1 Å². The predicted octanol–water partition coefficient (Wildman–Crippen LogP) is 3.47. The number of hydrogen-bond donors (Lipinski definition) is 2. The third-order valence-electron chi connectivity index (χ3n) is 3.43. The summed E-state index contributed by atoms with van der Waals surface area (Å²) in [6, 6.07) is -0.280. The van der Waals surface area contributed by atoms with Crippen molar-refractivity contribution in [2.24, 2.45) is 0 Å². The largest absolute Gasteiger partial charge is 0.391 e. The molecule has 1 amide bonds. The predicted molar refractivity (Wildman–Crippen MR) is 79.6 cm³/mol. The van der Waals surface area contributed by atoms with Crippen molar-refractivity contribution in [3.8, 4) is 0 Å². The summed E-state index contributed by atoms with van der Waals surface area (Å²) in [5.41, 5.74) is 0.0255. The fourth-order valence-corrected chi connectivity index (χ4v) is 2.86. The Morgan fingerprint density at radius 1 is 1.20 bits per heavy atom. The second kappa shape index (κ2) is 6.94. The molecule has 2 atom stereocenters. The molecule has 7 heteroatoms. The van der Waals surface area contributed by atoms with E-state index >= 15 is 0 Å². The van der Waals surface area contributed by atoms with Crippen molar-refractivity contribution in [2.75, 3.05) is 0 Å². The fourth-order valence-electron chi connectivity index (χ4n) is 2.29. The first-order valence-electron chi connectivity index (χ1n) is 6.49. The van der Waals surface area contributed by atoms with Gasteiger partial charge in [0.05, 0.1) is 27.2 Å². The number of nitrogens with one attached hydrogen (secondary N) is 1. The Morgan fingerprint density at radius 3 is 2.65 bits per heavy atom. The first kappa shape index (κ1) is 15.8. The first-order valence-corrected chi connectivity index (χ1v) is 7.62. The number of carbonyl (C=O) groups excluding carboxylic acids is 1. The highest BCUT2D eigenvalue weighted by atomic mass is 35.5. The van der Waals surface area contributed by atoms with Crippen LogP contribution < -0.4 is 5.32 Å². The lowest BCUT2D eigenvalue weighted by molar-refractivity contribution is 0.0814. The molecule has 110 valence electrons. The van der Waals surface area contributed by atoms with Crippen LogP contribution in [0, 0.1) is 0 Å². The summed E-state index contributed by atoms with van der Waals surface area (Å²) in [7, 11) is 0. The van der Waals surface area contributed by atoms with Crippen molar-refractivity contribution in [2.45, 2.75) is 44.2 Å². The molecule has 0 bridgehead atoms. The van der Waals surface area contributed by atoms with Crippen molar-refractivity contribution in [1.82, 2.24) is 10.3 Å². The number of amides is 1. The maximum absolute atomic E-state index is 12.2. The van der Waals surface area contributed by atoms with Crippen LogP contribution in [0.3, 0.4) is 0 Å². The molecule has 2 rings (SSSR count). The van der Waals surface area contributed by atoms with Crippen LogP contribution in [-0.2, 0) is 0 Å². The van der Waals surface area contributed by atoms with Crippen LogP contribution in [0.1, 0.15) is 42.6 Å². The highest BCUT2D eigenvalue weighted by molar-refractivity contribution is 6.48. The summed E-state index contributed by atoms with van der Waals surface area (Å²) in [5.74, 6) is -0.445. The molecule has 2 unspecified atom stereocenters. The van der Waals surface area contributed by atoms with Crippen molar-refractivity contribution in [3.05, 3.63) is 27.0 Å². The molecule has 20 heavy (non-hydrogen) atoms. The molecule has 1 aromatic rings. The number of aliphatic hydroxyl groups is 1. The van der Waals surface area contributed by atoms with Crippen LogP contribution in [0.4, 0.5) is 0 Å². The lowest BCUT2D eigenvalue weighted by atomic mass is 10.1. The molecule has 1 fully saturated rings. The van der Waals surface area contributed by atoms with Gasteiger partial charge in [-0.1, -0.05) is 54.1 Å². The van der Waals surface area contributed by atoms with E-state index in [1.165, 1.54) is 6.20 Å². The molecule has 0 spiro atoms. The van der Waals surface area contributed by atoms with Crippen molar-refractivity contribution < 1.29 is 9.90 Å². The van der Waals surface area contributed by atoms with Gasteiger partial charge in [-0.15, -0.1) is 0 Å². The Morgan fingerprint density at radius 2 is 1.90 bits per heavy atom. The van der Waals surface area contributed by atoms with Gasteiger partial charge in [0.25, 0.3) is 5.91 Å². The minimum absolute atomic E-state index is 0.0255. The van der Waals surface area contributed by atoms with Gasteiger partial charge >= 0.3 is 0 Å². The molecular formula is C13H15Cl3N2O2. The highest BCUT2D eigenvalue weighted by Gasteiger charge is 2.25. The summed E-state index contributed by atoms with van der Waals surface area (Å²) in [4.78, 5) is 16.1. The second-order valence-electron chi connectivity index (χ2n) is 4.87. The number of rotatable bonds is 2. The summed E-state index contributed by atoms with van der Waals surface area (Å²) >= 11 is 17.6. The Labute approximate surface area is 132 Å². The Balaban J connectivity index is 2.13. The molecule has 1 aliphatic rings. The molecule has 0 aromatic carbocycles. The smallest absolute Gasteiger partial charge is 0.271 e. The minimum Gasteiger partial charge on any atom is -0.391 e. The lowest BCUT2D eigenvalue weighted by Gasteiger charge is -2.21. The molecule has 0 saturated heterocycles. The average Bonchev–Trinajstić information content (AvgIpc) is 2.61. The van der Waals surface area contributed by atoms with Crippen molar-refractivity contribution in [1.29, 1.82) is 0 Å². The third kappa shape index (κ3) is 3.55. The van der Waals surface area contributed by atoms with Gasteiger partial charge in [0.15, 0.2) is 0 Å². The number of halogens is 3. The monoisotopic (exact) mass is 336 g/mol. The zero-order valence-electron chi connectivity index (χ0n) is 10.7. The molecule has 2 N–H and O–H groups in total.